The summed E-state index contributed by atoms with van der Waals surface area (Å²) >= 11 is 1.36. The Bertz CT molecular complexity index is 1090. The number of carbonyl (C=O) groups is 2. The highest BCUT2D eigenvalue weighted by Crippen LogP contribution is 2.18. The van der Waals surface area contributed by atoms with Gasteiger partial charge in [-0.05, 0) is 35.1 Å². The topological polar surface area (TPSA) is 74.8 Å². The first-order valence-corrected chi connectivity index (χ1v) is 9.90. The Labute approximate surface area is 166 Å². The van der Waals surface area contributed by atoms with Crippen LogP contribution in [0.25, 0.3) is 10.9 Å². The maximum atomic E-state index is 13.1. The van der Waals surface area contributed by atoms with E-state index in [2.05, 4.69) is 15.5 Å². The quantitative estimate of drug-likeness (QED) is 0.505. The molecule has 140 valence electrons. The van der Waals surface area contributed by atoms with E-state index in [1.165, 1.54) is 11.3 Å². The van der Waals surface area contributed by atoms with Crippen LogP contribution in [0.15, 0.2) is 72.2 Å². The van der Waals surface area contributed by atoms with Gasteiger partial charge in [0.1, 0.15) is 0 Å². The Morgan fingerprint density at radius 3 is 2.68 bits per heavy atom. The van der Waals surface area contributed by atoms with Crippen LogP contribution in [0.2, 0.25) is 0 Å². The first-order valence-electron chi connectivity index (χ1n) is 9.02. The third kappa shape index (κ3) is 4.02. The zero-order valence-electron chi connectivity index (χ0n) is 15.1. The number of nitrogens with one attached hydrogen (secondary N) is 2. The Hall–Kier alpha value is -3.25. The molecule has 0 aliphatic heterocycles. The number of fused-ring (bicyclic) bond motifs is 1. The van der Waals surface area contributed by atoms with Crippen LogP contribution in [0.4, 0.5) is 0 Å². The molecule has 0 saturated carbocycles. The van der Waals surface area contributed by atoms with E-state index in [1.807, 2.05) is 60.0 Å². The normalized spacial score (nSPS) is 12.0. The highest BCUT2D eigenvalue weighted by molar-refractivity contribution is 7.12. The van der Waals surface area contributed by atoms with Crippen LogP contribution in [0.3, 0.4) is 0 Å². The summed E-state index contributed by atoms with van der Waals surface area (Å²) in [6.07, 6.45) is 2.42. The van der Waals surface area contributed by atoms with Crippen molar-refractivity contribution in [2.24, 2.45) is 0 Å². The Morgan fingerprint density at radius 1 is 1.04 bits per heavy atom. The van der Waals surface area contributed by atoms with Crippen LogP contribution >= 0.6 is 11.3 Å². The average Bonchev–Trinajstić information content (AvgIpc) is 3.40. The number of nitrogens with zero attached hydrogens (tertiary/aromatic N) is 1. The predicted molar refractivity (Wildman–Crippen MR) is 111 cm³/mol. The minimum Gasteiger partial charge on any atom is -0.341 e. The molecule has 1 amide bonds. The summed E-state index contributed by atoms with van der Waals surface area (Å²) in [4.78, 5) is 26.3. The Morgan fingerprint density at radius 2 is 1.89 bits per heavy atom. The summed E-state index contributed by atoms with van der Waals surface area (Å²) in [7, 11) is 0. The van der Waals surface area contributed by atoms with E-state index in [9.17, 15) is 9.59 Å². The van der Waals surface area contributed by atoms with Crippen LogP contribution in [-0.4, -0.2) is 27.9 Å². The molecule has 2 N–H and O–H groups in total. The van der Waals surface area contributed by atoms with E-state index in [4.69, 9.17) is 0 Å². The fraction of sp³-hybridized carbons (Fsp3) is 0.136. The van der Waals surface area contributed by atoms with Crippen LogP contribution in [0, 0.1) is 0 Å². The fourth-order valence-corrected chi connectivity index (χ4v) is 3.85. The standard InChI is InChI=1S/C22H19N3O2S/c26-20(13-16-8-4-9-18-17(16)14-23-25-18)19(12-15-6-2-1-3-7-15)24-22(27)21-10-5-11-28-21/h1-11,14,19H,12-13H2,(H,23,25)(H,24,27). The van der Waals surface area contributed by atoms with Gasteiger partial charge in [0, 0.05) is 11.8 Å². The summed E-state index contributed by atoms with van der Waals surface area (Å²) < 4.78 is 0. The molecule has 2 aromatic heterocycles. The van der Waals surface area contributed by atoms with Gasteiger partial charge in [-0.25, -0.2) is 0 Å². The molecule has 1 atom stereocenters. The molecule has 0 aliphatic carbocycles. The number of amides is 1. The van der Waals surface area contributed by atoms with Gasteiger partial charge < -0.3 is 5.32 Å². The number of aromatic nitrogens is 2. The minimum atomic E-state index is -0.598. The van der Waals surface area contributed by atoms with Gasteiger partial charge in [-0.2, -0.15) is 5.10 Å². The molecule has 0 bridgehead atoms. The van der Waals surface area contributed by atoms with Gasteiger partial charge in [-0.3, -0.25) is 14.7 Å². The first-order chi connectivity index (χ1) is 13.7. The second-order valence-corrected chi connectivity index (χ2v) is 7.53. The summed E-state index contributed by atoms with van der Waals surface area (Å²) in [6.45, 7) is 0. The number of hydrogen-bond acceptors (Lipinski definition) is 4. The molecule has 1 unspecified atom stereocenters. The van der Waals surface area contributed by atoms with Crippen molar-refractivity contribution in [1.29, 1.82) is 0 Å². The predicted octanol–water partition coefficient (Wildman–Crippen LogP) is 3.78. The number of H-pyrrole nitrogens is 1. The van der Waals surface area contributed by atoms with Gasteiger partial charge in [0.25, 0.3) is 5.91 Å². The SMILES string of the molecule is O=C(NC(Cc1ccccc1)C(=O)Cc1cccc2[nH]ncc12)c1cccs1. The number of rotatable bonds is 7. The number of ketones is 1. The van der Waals surface area contributed by atoms with E-state index < -0.39 is 6.04 Å². The molecular formula is C22H19N3O2S. The molecule has 4 rings (SSSR count). The van der Waals surface area contributed by atoms with E-state index >= 15 is 0 Å². The van der Waals surface area contributed by atoms with E-state index in [0.717, 1.165) is 22.0 Å². The van der Waals surface area contributed by atoms with E-state index in [0.29, 0.717) is 11.3 Å². The molecule has 0 fully saturated rings. The van der Waals surface area contributed by atoms with Gasteiger partial charge in [0.05, 0.1) is 22.6 Å². The van der Waals surface area contributed by atoms with Crippen molar-refractivity contribution < 1.29 is 9.59 Å². The number of hydrogen-bond donors (Lipinski definition) is 2. The summed E-state index contributed by atoms with van der Waals surface area (Å²) in [6, 6.07) is 18.5. The van der Waals surface area contributed by atoms with Gasteiger partial charge in [-0.1, -0.05) is 48.5 Å². The smallest absolute Gasteiger partial charge is 0.261 e. The molecule has 2 aromatic carbocycles. The highest BCUT2D eigenvalue weighted by atomic mass is 32.1. The summed E-state index contributed by atoms with van der Waals surface area (Å²) in [5.41, 5.74) is 2.81. The lowest BCUT2D eigenvalue weighted by Gasteiger charge is -2.18. The van der Waals surface area contributed by atoms with Crippen molar-refractivity contribution in [3.05, 3.63) is 88.2 Å². The average molecular weight is 389 g/mol. The van der Waals surface area contributed by atoms with Crippen molar-refractivity contribution in [2.75, 3.05) is 0 Å². The summed E-state index contributed by atoms with van der Waals surface area (Å²) in [5, 5.41) is 12.7. The van der Waals surface area contributed by atoms with Crippen LogP contribution < -0.4 is 5.32 Å². The van der Waals surface area contributed by atoms with Crippen molar-refractivity contribution in [1.82, 2.24) is 15.5 Å². The van der Waals surface area contributed by atoms with Gasteiger partial charge in [0.2, 0.25) is 0 Å². The molecule has 2 heterocycles. The van der Waals surface area contributed by atoms with Crippen LogP contribution in [0.1, 0.15) is 20.8 Å². The molecule has 0 spiro atoms. The van der Waals surface area contributed by atoms with Gasteiger partial charge >= 0.3 is 0 Å². The largest absolute Gasteiger partial charge is 0.341 e. The Balaban J connectivity index is 1.57. The van der Waals surface area contributed by atoms with Gasteiger partial charge in [0.15, 0.2) is 5.78 Å². The van der Waals surface area contributed by atoms with Gasteiger partial charge in [-0.15, -0.1) is 11.3 Å². The van der Waals surface area contributed by atoms with E-state index in [1.54, 1.807) is 12.3 Å². The highest BCUT2D eigenvalue weighted by Gasteiger charge is 2.23. The summed E-state index contributed by atoms with van der Waals surface area (Å²) in [5.74, 6) is -0.242. The molecule has 28 heavy (non-hydrogen) atoms. The zero-order chi connectivity index (χ0) is 19.3. The number of Topliss-reactive ketones (excluding diaryl/α,β-unsaturated/α-hetero) is 1. The molecule has 0 saturated heterocycles. The van der Waals surface area contributed by atoms with Crippen molar-refractivity contribution in [2.45, 2.75) is 18.9 Å². The number of thiophene rings is 1. The lowest BCUT2D eigenvalue weighted by atomic mass is 9.96. The third-order valence-electron chi connectivity index (χ3n) is 4.66. The first kappa shape index (κ1) is 18.1. The Kier molecular flexibility index (Phi) is 5.30. The second-order valence-electron chi connectivity index (χ2n) is 6.58. The van der Waals surface area contributed by atoms with Crippen LogP contribution in [-0.2, 0) is 17.6 Å². The monoisotopic (exact) mass is 389 g/mol. The lowest BCUT2D eigenvalue weighted by molar-refractivity contribution is -0.120. The molecule has 4 aromatic rings. The van der Waals surface area contributed by atoms with Crippen molar-refractivity contribution >= 4 is 33.9 Å². The van der Waals surface area contributed by atoms with E-state index in [-0.39, 0.29) is 18.1 Å². The third-order valence-corrected chi connectivity index (χ3v) is 5.53. The zero-order valence-corrected chi connectivity index (χ0v) is 15.9. The molecule has 6 heteroatoms. The molecular weight excluding hydrogens is 370 g/mol. The molecule has 5 nitrogen and oxygen atoms in total. The van der Waals surface area contributed by atoms with Crippen molar-refractivity contribution in [3.8, 4) is 0 Å². The van der Waals surface area contributed by atoms with Crippen molar-refractivity contribution in [3.63, 3.8) is 0 Å². The van der Waals surface area contributed by atoms with Crippen LogP contribution in [0.5, 0.6) is 0 Å². The number of benzene rings is 2. The minimum absolute atomic E-state index is 0.0255. The fourth-order valence-electron chi connectivity index (χ4n) is 3.23. The molecule has 0 radical (unpaired) electrons. The number of aromatic amines is 1. The second kappa shape index (κ2) is 8.19. The lowest BCUT2D eigenvalue weighted by Crippen LogP contribution is -2.43. The maximum Gasteiger partial charge on any atom is 0.261 e. The number of carbonyl (C=O) groups excluding carboxylic acids is 2. The molecule has 0 aliphatic rings. The maximum absolute atomic E-state index is 13.1.